The van der Waals surface area contributed by atoms with E-state index in [1.54, 1.807) is 0 Å². The summed E-state index contributed by atoms with van der Waals surface area (Å²) in [4.78, 5) is 40.6. The van der Waals surface area contributed by atoms with Crippen molar-refractivity contribution in [1.82, 2.24) is 0 Å². The van der Waals surface area contributed by atoms with E-state index in [4.69, 9.17) is 17.7 Å². The van der Waals surface area contributed by atoms with E-state index in [0.29, 0.717) is 0 Å². The fourth-order valence-corrected chi connectivity index (χ4v) is 5.28. The zero-order chi connectivity index (χ0) is 32.6. The largest absolute Gasteiger partial charge is 0.516 e. The van der Waals surface area contributed by atoms with Crippen molar-refractivity contribution in [3.8, 4) is 0 Å². The van der Waals surface area contributed by atoms with Crippen molar-refractivity contribution in [2.24, 2.45) is 23.7 Å². The van der Waals surface area contributed by atoms with Gasteiger partial charge in [0.1, 0.15) is 0 Å². The van der Waals surface area contributed by atoms with Gasteiger partial charge in [-0.3, -0.25) is 14.4 Å². The first-order valence-electron chi connectivity index (χ1n) is 14.7. The fraction of sp³-hybridized carbons (Fsp3) is 0.900. The highest BCUT2D eigenvalue weighted by Gasteiger charge is 2.49. The Labute approximate surface area is 261 Å². The number of rotatable bonds is 18. The number of hydrogen-bond donors (Lipinski definition) is 0. The molecule has 234 valence electrons. The first-order valence-corrected chi connectivity index (χ1v) is 18.3. The molecule has 0 aliphatic heterocycles. The molecule has 0 aromatic carbocycles. The van der Waals surface area contributed by atoms with Crippen LogP contribution in [0.5, 0.6) is 0 Å². The van der Waals surface area contributed by atoms with Gasteiger partial charge in [-0.25, -0.2) is 0 Å². The topological polar surface area (TPSA) is 88.1 Å². The third-order valence-electron chi connectivity index (χ3n) is 8.78. The van der Waals surface area contributed by atoms with Gasteiger partial charge in [0, 0.05) is 0 Å². The summed E-state index contributed by atoms with van der Waals surface area (Å²) >= 11 is 0. The average Bonchev–Trinajstić information content (AvgIpc) is 2.83. The van der Waals surface area contributed by atoms with Gasteiger partial charge in [-0.2, -0.15) is 0 Å². The molecule has 0 atom stereocenters. The van der Waals surface area contributed by atoms with Crippen LogP contribution in [0, 0.1) is 23.7 Å². The minimum absolute atomic E-state index is 0.108. The molecule has 0 bridgehead atoms. The third kappa shape index (κ3) is 13.2. The Kier molecular flexibility index (Phi) is 15.5. The van der Waals surface area contributed by atoms with Crippen LogP contribution in [0.25, 0.3) is 0 Å². The van der Waals surface area contributed by atoms with Gasteiger partial charge in [-0.1, -0.05) is 111 Å². The second-order valence-corrected chi connectivity index (χ2v) is 21.5. The summed E-state index contributed by atoms with van der Waals surface area (Å²) in [5.74, 6) is -0.851. The van der Waals surface area contributed by atoms with Gasteiger partial charge in [0.05, 0.1) is 12.8 Å². The normalized spacial score (nSPS) is 13.8. The minimum Gasteiger partial charge on any atom is -0.516 e. The standard InChI is InChI=1S/C30H56O7Si4/c1-19(2)26(9,10)38-34-23(31)17-30(37-41-29(15,16)22(7)8,25(33)36-40-28(13,14)21(5)6)18-24(32)35-39-27(11,12)20(3)4/h19-22H,17-18H2,1-16H3. The number of carbonyl (C=O) groups excluding carboxylic acids is 3. The fourth-order valence-electron chi connectivity index (χ4n) is 2.21. The molecule has 41 heavy (non-hydrogen) atoms. The average molecular weight is 641 g/mol. The van der Waals surface area contributed by atoms with Crippen molar-refractivity contribution < 1.29 is 32.1 Å². The van der Waals surface area contributed by atoms with Gasteiger partial charge in [-0.15, -0.1) is 0 Å². The van der Waals surface area contributed by atoms with Crippen LogP contribution in [-0.4, -0.2) is 62.6 Å². The van der Waals surface area contributed by atoms with E-state index >= 15 is 0 Å². The van der Waals surface area contributed by atoms with Crippen LogP contribution in [0.15, 0.2) is 0 Å². The van der Waals surface area contributed by atoms with Crippen molar-refractivity contribution in [3.63, 3.8) is 0 Å². The molecule has 7 nitrogen and oxygen atoms in total. The van der Waals surface area contributed by atoms with E-state index < -0.39 is 36.4 Å². The lowest BCUT2D eigenvalue weighted by Gasteiger charge is -2.37. The van der Waals surface area contributed by atoms with E-state index in [9.17, 15) is 14.4 Å². The predicted molar refractivity (Wildman–Crippen MR) is 170 cm³/mol. The lowest BCUT2D eigenvalue weighted by Crippen LogP contribution is -2.50. The van der Waals surface area contributed by atoms with E-state index in [0.717, 1.165) is 0 Å². The second kappa shape index (κ2) is 15.8. The highest BCUT2D eigenvalue weighted by molar-refractivity contribution is 6.37. The van der Waals surface area contributed by atoms with E-state index in [1.807, 2.05) is 55.4 Å². The first kappa shape index (κ1) is 40.2. The van der Waals surface area contributed by atoms with Crippen LogP contribution in [0.3, 0.4) is 0 Å². The van der Waals surface area contributed by atoms with Crippen molar-refractivity contribution in [3.05, 3.63) is 0 Å². The van der Waals surface area contributed by atoms with Gasteiger partial charge < -0.3 is 17.7 Å². The molecule has 11 heteroatoms. The summed E-state index contributed by atoms with van der Waals surface area (Å²) in [6, 6.07) is 0. The molecule has 0 saturated heterocycles. The minimum atomic E-state index is -1.85. The quantitative estimate of drug-likeness (QED) is 0.148. The molecule has 0 amide bonds. The van der Waals surface area contributed by atoms with Crippen LogP contribution < -0.4 is 0 Å². The molecule has 0 N–H and O–H groups in total. The summed E-state index contributed by atoms with van der Waals surface area (Å²) in [7, 11) is -0.559. The molecule has 0 unspecified atom stereocenters. The first-order chi connectivity index (χ1) is 18.3. The Morgan fingerprint density at radius 3 is 1.05 bits per heavy atom. The molecular weight excluding hydrogens is 585 g/mol. The molecular formula is C30H56O7Si4. The van der Waals surface area contributed by atoms with Gasteiger partial charge in [-0.05, 0) is 43.8 Å². The second-order valence-electron chi connectivity index (χ2n) is 14.7. The molecule has 0 heterocycles. The maximum Gasteiger partial charge on any atom is 0.325 e. The smallest absolute Gasteiger partial charge is 0.325 e. The van der Waals surface area contributed by atoms with Gasteiger partial charge in [0.15, 0.2) is 5.60 Å². The third-order valence-corrected chi connectivity index (χ3v) is 14.6. The SMILES string of the molecule is CC(C)C(C)(C)[Si]OC(=O)CC(CC(=O)O[Si]C(C)(C)C(C)C)(O[Si]C(C)(C)C(C)C)C(=O)O[Si]C(C)(C)C(C)C. The Balaban J connectivity index is 6.44. The molecule has 0 fully saturated rings. The van der Waals surface area contributed by atoms with Gasteiger partial charge >= 0.3 is 35.3 Å². The molecule has 0 aliphatic rings. The Hall–Kier alpha value is -0.762. The van der Waals surface area contributed by atoms with E-state index in [1.165, 1.54) is 0 Å². The van der Waals surface area contributed by atoms with Crippen molar-refractivity contribution in [2.45, 2.75) is 149 Å². The zero-order valence-corrected chi connectivity index (χ0v) is 32.6. The van der Waals surface area contributed by atoms with E-state index in [-0.39, 0.29) is 82.9 Å². The number of hydrogen-bond acceptors (Lipinski definition) is 7. The summed E-state index contributed by atoms with van der Waals surface area (Å²) in [6.45, 7) is 32.9. The summed E-state index contributed by atoms with van der Waals surface area (Å²) in [5, 5.41) is -1.05. The lowest BCUT2D eigenvalue weighted by atomic mass is 9.96. The Bertz CT molecular complexity index is 827. The monoisotopic (exact) mass is 640 g/mol. The van der Waals surface area contributed by atoms with Gasteiger partial charge in [0.25, 0.3) is 11.9 Å². The van der Waals surface area contributed by atoms with Crippen molar-refractivity contribution in [1.29, 1.82) is 0 Å². The maximum atomic E-state index is 14.0. The number of carbonyl (C=O) groups is 3. The molecule has 0 aromatic heterocycles. The summed E-state index contributed by atoms with van der Waals surface area (Å²) < 4.78 is 23.7. The van der Waals surface area contributed by atoms with Crippen LogP contribution in [0.2, 0.25) is 20.2 Å². The molecule has 8 radical (unpaired) electrons. The Morgan fingerprint density at radius 1 is 0.488 bits per heavy atom. The molecule has 0 rings (SSSR count). The summed E-state index contributed by atoms with van der Waals surface area (Å²) in [5.41, 5.74) is -1.85. The summed E-state index contributed by atoms with van der Waals surface area (Å²) in [6.07, 6.45) is -0.848. The van der Waals surface area contributed by atoms with Crippen molar-refractivity contribution >= 4 is 57.0 Å². The molecule has 0 saturated carbocycles. The zero-order valence-electron chi connectivity index (χ0n) is 28.6. The molecule has 0 spiro atoms. The van der Waals surface area contributed by atoms with E-state index in [2.05, 4.69) is 55.4 Å². The van der Waals surface area contributed by atoms with Crippen LogP contribution in [-0.2, 0) is 32.1 Å². The van der Waals surface area contributed by atoms with Crippen molar-refractivity contribution in [2.75, 3.05) is 0 Å². The lowest BCUT2D eigenvalue weighted by molar-refractivity contribution is -0.164. The van der Waals surface area contributed by atoms with Crippen LogP contribution in [0.4, 0.5) is 0 Å². The highest BCUT2D eigenvalue weighted by atomic mass is 28.2. The Morgan fingerprint density at radius 2 is 0.756 bits per heavy atom. The van der Waals surface area contributed by atoms with Crippen LogP contribution in [0.1, 0.15) is 124 Å². The maximum absolute atomic E-state index is 14.0. The molecule has 0 aliphatic carbocycles. The van der Waals surface area contributed by atoms with Gasteiger partial charge in [0.2, 0.25) is 9.76 Å². The molecule has 0 aromatic rings. The predicted octanol–water partition coefficient (Wildman–Crippen LogP) is 7.05. The van der Waals surface area contributed by atoms with Crippen LogP contribution >= 0.6 is 0 Å². The highest BCUT2D eigenvalue weighted by Crippen LogP contribution is 2.39.